The van der Waals surface area contributed by atoms with Gasteiger partial charge >= 0.3 is 0 Å². The minimum Gasteiger partial charge on any atom is -0.508 e. The van der Waals surface area contributed by atoms with Gasteiger partial charge in [0.05, 0.1) is 14.2 Å². The van der Waals surface area contributed by atoms with Crippen LogP contribution in [0.2, 0.25) is 0 Å². The summed E-state index contributed by atoms with van der Waals surface area (Å²) in [7, 11) is 3.03. The van der Waals surface area contributed by atoms with E-state index in [1.54, 1.807) is 30.3 Å². The molecule has 6 nitrogen and oxygen atoms in total. The number of hydrogen-bond donors (Lipinski definition) is 1. The summed E-state index contributed by atoms with van der Waals surface area (Å²) in [6.07, 6.45) is 4.15. The molecular formula is C24H30ClNO5. The summed E-state index contributed by atoms with van der Waals surface area (Å²) in [5, 5.41) is 9.70. The van der Waals surface area contributed by atoms with Crippen LogP contribution in [0.25, 0.3) is 0 Å². The van der Waals surface area contributed by atoms with E-state index in [9.17, 15) is 14.7 Å². The smallest absolute Gasteiger partial charge is 0.242 e. The lowest BCUT2D eigenvalue weighted by Crippen LogP contribution is -2.40. The number of unbranched alkanes of at least 4 members (excludes halogenated alkanes) is 3. The molecule has 2 aromatic rings. The van der Waals surface area contributed by atoms with E-state index < -0.39 is 11.9 Å². The number of aromatic hydroxyl groups is 1. The molecular weight excluding hydrogens is 418 g/mol. The first-order chi connectivity index (χ1) is 15.0. The fourth-order valence-corrected chi connectivity index (χ4v) is 3.60. The van der Waals surface area contributed by atoms with E-state index in [1.165, 1.54) is 31.3 Å². The van der Waals surface area contributed by atoms with Crippen molar-refractivity contribution >= 4 is 29.0 Å². The van der Waals surface area contributed by atoms with Gasteiger partial charge in [0.15, 0.2) is 17.3 Å². The predicted molar refractivity (Wildman–Crippen MR) is 122 cm³/mol. The molecule has 1 atom stereocenters. The second kappa shape index (κ2) is 12.2. The zero-order chi connectivity index (χ0) is 22.8. The Morgan fingerprint density at radius 2 is 1.68 bits per heavy atom. The minimum absolute atomic E-state index is 0.0826. The number of ether oxygens (including phenoxy) is 2. The van der Waals surface area contributed by atoms with Gasteiger partial charge in [0.2, 0.25) is 5.91 Å². The molecule has 0 aromatic heterocycles. The van der Waals surface area contributed by atoms with Gasteiger partial charge < -0.3 is 14.6 Å². The van der Waals surface area contributed by atoms with E-state index in [2.05, 4.69) is 6.92 Å². The molecule has 0 spiro atoms. The molecule has 0 fully saturated rings. The van der Waals surface area contributed by atoms with Gasteiger partial charge in [0, 0.05) is 18.2 Å². The van der Waals surface area contributed by atoms with E-state index in [1.807, 2.05) is 0 Å². The molecule has 0 saturated carbocycles. The Bertz CT molecular complexity index is 869. The Morgan fingerprint density at radius 3 is 2.26 bits per heavy atom. The molecule has 1 N–H and O–H groups in total. The van der Waals surface area contributed by atoms with Crippen molar-refractivity contribution in [1.29, 1.82) is 0 Å². The zero-order valence-corrected chi connectivity index (χ0v) is 19.0. The Balaban J connectivity index is 2.52. The van der Waals surface area contributed by atoms with Crippen LogP contribution in [-0.2, 0) is 9.59 Å². The second-order valence-electron chi connectivity index (χ2n) is 7.21. The van der Waals surface area contributed by atoms with Crippen LogP contribution in [0.15, 0.2) is 42.5 Å². The summed E-state index contributed by atoms with van der Waals surface area (Å²) in [4.78, 5) is 27.7. The number of anilines is 1. The zero-order valence-electron chi connectivity index (χ0n) is 18.3. The third-order valence-electron chi connectivity index (χ3n) is 5.08. The summed E-state index contributed by atoms with van der Waals surface area (Å²) in [5.41, 5.74) is 1.08. The van der Waals surface area contributed by atoms with Crippen molar-refractivity contribution in [3.05, 3.63) is 48.0 Å². The van der Waals surface area contributed by atoms with Gasteiger partial charge in [0.1, 0.15) is 17.7 Å². The Morgan fingerprint density at radius 1 is 1.00 bits per heavy atom. The van der Waals surface area contributed by atoms with Crippen LogP contribution in [0, 0.1) is 0 Å². The lowest BCUT2D eigenvalue weighted by Gasteiger charge is -2.31. The third-order valence-corrected chi connectivity index (χ3v) is 5.31. The summed E-state index contributed by atoms with van der Waals surface area (Å²) in [6, 6.07) is 10.5. The average molecular weight is 448 g/mol. The highest BCUT2D eigenvalue weighted by Gasteiger charge is 2.32. The molecule has 0 aliphatic heterocycles. The van der Waals surface area contributed by atoms with E-state index >= 15 is 0 Å². The van der Waals surface area contributed by atoms with Crippen molar-refractivity contribution in [3.8, 4) is 17.2 Å². The Hall–Kier alpha value is -2.73. The highest BCUT2D eigenvalue weighted by molar-refractivity contribution is 6.30. The lowest BCUT2D eigenvalue weighted by molar-refractivity contribution is -0.124. The molecule has 1 unspecified atom stereocenters. The van der Waals surface area contributed by atoms with Crippen LogP contribution in [0.5, 0.6) is 17.2 Å². The number of amides is 1. The molecule has 7 heteroatoms. The van der Waals surface area contributed by atoms with Crippen molar-refractivity contribution in [2.75, 3.05) is 25.0 Å². The number of ketones is 1. The maximum absolute atomic E-state index is 13.3. The molecule has 2 rings (SSSR count). The van der Waals surface area contributed by atoms with Gasteiger partial charge in [-0.25, -0.2) is 0 Å². The largest absolute Gasteiger partial charge is 0.508 e. The normalized spacial score (nSPS) is 11.6. The number of rotatable bonds is 12. The van der Waals surface area contributed by atoms with Crippen LogP contribution >= 0.6 is 11.6 Å². The lowest BCUT2D eigenvalue weighted by atomic mass is 9.96. The number of phenolic OH excluding ortho intramolecular Hbond substituents is 1. The fraction of sp³-hybridized carbons (Fsp3) is 0.417. The highest BCUT2D eigenvalue weighted by Crippen LogP contribution is 2.36. The van der Waals surface area contributed by atoms with Crippen LogP contribution in [0.3, 0.4) is 0 Å². The third kappa shape index (κ3) is 6.37. The number of carbonyl (C=O) groups excluding carboxylic acids is 2. The number of methoxy groups -OCH3 is 2. The molecule has 0 radical (unpaired) electrons. The molecule has 31 heavy (non-hydrogen) atoms. The van der Waals surface area contributed by atoms with Gasteiger partial charge in [0.25, 0.3) is 0 Å². The number of hydrogen-bond acceptors (Lipinski definition) is 5. The van der Waals surface area contributed by atoms with Gasteiger partial charge in [-0.05, 0) is 36.2 Å². The highest BCUT2D eigenvalue weighted by atomic mass is 35.5. The first kappa shape index (κ1) is 24.5. The molecule has 0 aliphatic carbocycles. The quantitative estimate of drug-likeness (QED) is 0.354. The standard InChI is InChI=1S/C24H30ClNO5/c1-4-5-6-7-8-20(28)24(17-9-12-19(27)13-10-17)26(23(29)16-25)18-11-14-21(30-2)22(15-18)31-3/h9-15,24,27H,4-8,16H2,1-3H3. The van der Waals surface area contributed by atoms with Crippen LogP contribution in [-0.4, -0.2) is 36.9 Å². The van der Waals surface area contributed by atoms with E-state index in [0.717, 1.165) is 25.7 Å². The SMILES string of the molecule is CCCCCCC(=O)C(c1ccc(O)cc1)N(C(=O)CCl)c1ccc(OC)c(OC)c1. The van der Waals surface area contributed by atoms with Gasteiger partial charge in [-0.1, -0.05) is 38.3 Å². The molecule has 168 valence electrons. The number of phenols is 1. The van der Waals surface area contributed by atoms with Crippen LogP contribution < -0.4 is 14.4 Å². The molecule has 0 aliphatic rings. The number of alkyl halides is 1. The van der Waals surface area contributed by atoms with Crippen molar-refractivity contribution < 1.29 is 24.2 Å². The predicted octanol–water partition coefficient (Wildman–Crippen LogP) is 5.26. The summed E-state index contributed by atoms with van der Waals surface area (Å²) >= 11 is 5.94. The molecule has 1 amide bonds. The number of nitrogens with zero attached hydrogens (tertiary/aromatic N) is 1. The summed E-state index contributed by atoms with van der Waals surface area (Å²) in [5.74, 6) is 0.249. The van der Waals surface area contributed by atoms with E-state index in [4.69, 9.17) is 21.1 Å². The minimum atomic E-state index is -0.869. The summed E-state index contributed by atoms with van der Waals surface area (Å²) in [6.45, 7) is 2.11. The van der Waals surface area contributed by atoms with Gasteiger partial charge in [-0.3, -0.25) is 14.5 Å². The first-order valence-corrected chi connectivity index (χ1v) is 10.9. The van der Waals surface area contributed by atoms with Crippen molar-refractivity contribution in [3.63, 3.8) is 0 Å². The van der Waals surface area contributed by atoms with Crippen LogP contribution in [0.4, 0.5) is 5.69 Å². The Kier molecular flexibility index (Phi) is 9.66. The molecule has 0 saturated heterocycles. The van der Waals surface area contributed by atoms with E-state index in [0.29, 0.717) is 29.2 Å². The molecule has 0 bridgehead atoms. The number of Topliss-reactive ketones (excluding diaryl/α,β-unsaturated/α-hetero) is 1. The average Bonchev–Trinajstić information content (AvgIpc) is 2.80. The number of benzene rings is 2. The number of carbonyl (C=O) groups is 2. The van der Waals surface area contributed by atoms with Gasteiger partial charge in [-0.2, -0.15) is 0 Å². The monoisotopic (exact) mass is 447 g/mol. The van der Waals surface area contributed by atoms with Crippen LogP contribution in [0.1, 0.15) is 50.6 Å². The second-order valence-corrected chi connectivity index (χ2v) is 7.47. The molecule has 0 heterocycles. The maximum Gasteiger partial charge on any atom is 0.242 e. The topological polar surface area (TPSA) is 76.1 Å². The van der Waals surface area contributed by atoms with Crippen molar-refractivity contribution in [2.45, 2.75) is 45.1 Å². The Labute approximate surface area is 188 Å². The molecule has 2 aromatic carbocycles. The van der Waals surface area contributed by atoms with Crippen molar-refractivity contribution in [1.82, 2.24) is 0 Å². The fourth-order valence-electron chi connectivity index (χ4n) is 3.47. The first-order valence-electron chi connectivity index (χ1n) is 10.4. The number of halogens is 1. The maximum atomic E-state index is 13.3. The van der Waals surface area contributed by atoms with E-state index in [-0.39, 0.29) is 17.4 Å². The van der Waals surface area contributed by atoms with Crippen molar-refractivity contribution in [2.24, 2.45) is 0 Å². The van der Waals surface area contributed by atoms with Gasteiger partial charge in [-0.15, -0.1) is 11.6 Å². The summed E-state index contributed by atoms with van der Waals surface area (Å²) < 4.78 is 10.7.